The summed E-state index contributed by atoms with van der Waals surface area (Å²) in [5.74, 6) is 0.258. The number of thiophene rings is 1. The molecule has 2 aromatic heterocycles. The van der Waals surface area contributed by atoms with Gasteiger partial charge in [-0.3, -0.25) is 4.79 Å². The number of carbonyl (C=O) groups is 1. The number of benzene rings is 1. The molecule has 0 N–H and O–H groups in total. The number of para-hydroxylation sites is 1. The number of likely N-dealkylation sites (N-methyl/N-ethyl adjacent to an activating group) is 1. The van der Waals surface area contributed by atoms with Crippen molar-refractivity contribution >= 4 is 38.8 Å². The SMILES string of the molecule is CN(Cc1nc2ccccc2s1)C(=O)C1(c2cccs2)CCCCC1. The van der Waals surface area contributed by atoms with Crippen LogP contribution in [0.25, 0.3) is 10.2 Å². The predicted molar refractivity (Wildman–Crippen MR) is 105 cm³/mol. The molecule has 1 aromatic carbocycles. The molecular weight excluding hydrogens is 348 g/mol. The smallest absolute Gasteiger partial charge is 0.234 e. The van der Waals surface area contributed by atoms with Gasteiger partial charge in [0.05, 0.1) is 22.2 Å². The zero-order valence-corrected chi connectivity index (χ0v) is 16.0. The van der Waals surface area contributed by atoms with E-state index in [1.807, 2.05) is 30.1 Å². The lowest BCUT2D eigenvalue weighted by atomic mass is 9.72. The molecule has 1 aliphatic rings. The topological polar surface area (TPSA) is 33.2 Å². The van der Waals surface area contributed by atoms with Gasteiger partial charge in [0.25, 0.3) is 0 Å². The molecule has 2 heterocycles. The molecule has 0 radical (unpaired) electrons. The Hall–Kier alpha value is -1.72. The molecule has 1 fully saturated rings. The van der Waals surface area contributed by atoms with Crippen LogP contribution in [0, 0.1) is 0 Å². The second-order valence-electron chi connectivity index (χ2n) is 6.86. The second kappa shape index (κ2) is 6.89. The first-order valence-corrected chi connectivity index (χ1v) is 10.5. The van der Waals surface area contributed by atoms with Crippen LogP contribution >= 0.6 is 22.7 Å². The quantitative estimate of drug-likeness (QED) is 0.631. The number of rotatable bonds is 4. The Kier molecular flexibility index (Phi) is 4.61. The maximum Gasteiger partial charge on any atom is 0.234 e. The van der Waals surface area contributed by atoms with Gasteiger partial charge in [-0.15, -0.1) is 22.7 Å². The number of aromatic nitrogens is 1. The molecule has 0 saturated heterocycles. The van der Waals surface area contributed by atoms with Crippen molar-refractivity contribution in [3.05, 3.63) is 51.7 Å². The molecule has 0 spiro atoms. The molecule has 0 atom stereocenters. The summed E-state index contributed by atoms with van der Waals surface area (Å²) < 4.78 is 1.18. The minimum absolute atomic E-state index is 0.258. The van der Waals surface area contributed by atoms with E-state index >= 15 is 0 Å². The highest BCUT2D eigenvalue weighted by Crippen LogP contribution is 2.43. The summed E-state index contributed by atoms with van der Waals surface area (Å²) in [6.45, 7) is 0.589. The van der Waals surface area contributed by atoms with Gasteiger partial charge >= 0.3 is 0 Å². The zero-order valence-electron chi connectivity index (χ0n) is 14.4. The van der Waals surface area contributed by atoms with E-state index in [1.165, 1.54) is 16.0 Å². The number of hydrogen-bond donors (Lipinski definition) is 0. The highest BCUT2D eigenvalue weighted by molar-refractivity contribution is 7.18. The van der Waals surface area contributed by atoms with Crippen LogP contribution in [0.4, 0.5) is 0 Å². The molecule has 0 bridgehead atoms. The summed E-state index contributed by atoms with van der Waals surface area (Å²) in [6.07, 6.45) is 5.45. The number of thiazole rings is 1. The first kappa shape index (κ1) is 16.7. The van der Waals surface area contributed by atoms with E-state index in [9.17, 15) is 4.79 Å². The van der Waals surface area contributed by atoms with Crippen LogP contribution in [-0.4, -0.2) is 22.8 Å². The standard InChI is InChI=1S/C20H22N2OS2/c1-22(14-18-21-15-8-3-4-9-16(15)25-18)19(23)20(11-5-2-6-12-20)17-10-7-13-24-17/h3-4,7-10,13H,2,5-6,11-12,14H2,1H3. The van der Waals surface area contributed by atoms with E-state index in [-0.39, 0.29) is 11.3 Å². The molecule has 25 heavy (non-hydrogen) atoms. The van der Waals surface area contributed by atoms with Crippen LogP contribution in [-0.2, 0) is 16.8 Å². The maximum atomic E-state index is 13.4. The van der Waals surface area contributed by atoms with Gasteiger partial charge in [-0.05, 0) is 36.4 Å². The van der Waals surface area contributed by atoms with Gasteiger partial charge in [0, 0.05) is 11.9 Å². The predicted octanol–water partition coefficient (Wildman–Crippen LogP) is 5.22. The fourth-order valence-electron chi connectivity index (χ4n) is 3.90. The van der Waals surface area contributed by atoms with Crippen molar-refractivity contribution in [2.24, 2.45) is 0 Å². The van der Waals surface area contributed by atoms with Gasteiger partial charge < -0.3 is 4.90 Å². The first-order chi connectivity index (χ1) is 12.2. The third-order valence-corrected chi connectivity index (χ3v) is 7.26. The second-order valence-corrected chi connectivity index (χ2v) is 8.92. The summed E-state index contributed by atoms with van der Waals surface area (Å²) in [5, 5.41) is 3.10. The lowest BCUT2D eigenvalue weighted by Gasteiger charge is -2.38. The molecular formula is C20H22N2OS2. The largest absolute Gasteiger partial charge is 0.338 e. The summed E-state index contributed by atoms with van der Waals surface area (Å²) in [7, 11) is 1.93. The highest BCUT2D eigenvalue weighted by Gasteiger charge is 2.43. The minimum atomic E-state index is -0.322. The number of hydrogen-bond acceptors (Lipinski definition) is 4. The minimum Gasteiger partial charge on any atom is -0.338 e. The number of amides is 1. The Bertz CT molecular complexity index is 830. The third kappa shape index (κ3) is 3.11. The third-order valence-electron chi connectivity index (χ3n) is 5.17. The van der Waals surface area contributed by atoms with Gasteiger partial charge in [-0.25, -0.2) is 4.98 Å². The Morgan fingerprint density at radius 2 is 1.96 bits per heavy atom. The summed E-state index contributed by atoms with van der Waals surface area (Å²) in [4.78, 5) is 21.3. The van der Waals surface area contributed by atoms with Crippen molar-refractivity contribution in [3.63, 3.8) is 0 Å². The Morgan fingerprint density at radius 3 is 2.68 bits per heavy atom. The fraction of sp³-hybridized carbons (Fsp3) is 0.400. The molecule has 1 aliphatic carbocycles. The molecule has 1 amide bonds. The lowest BCUT2D eigenvalue weighted by Crippen LogP contribution is -2.45. The normalized spacial score (nSPS) is 16.8. The highest BCUT2D eigenvalue weighted by atomic mass is 32.1. The van der Waals surface area contributed by atoms with Crippen molar-refractivity contribution in [1.82, 2.24) is 9.88 Å². The average Bonchev–Trinajstić information content (AvgIpc) is 3.31. The lowest BCUT2D eigenvalue weighted by molar-refractivity contribution is -0.138. The molecule has 3 aromatic rings. The molecule has 5 heteroatoms. The van der Waals surface area contributed by atoms with E-state index in [0.29, 0.717) is 6.54 Å². The molecule has 3 nitrogen and oxygen atoms in total. The van der Waals surface area contributed by atoms with Crippen molar-refractivity contribution in [2.45, 2.75) is 44.1 Å². The Labute approximate surface area is 156 Å². The molecule has 0 unspecified atom stereocenters. The van der Waals surface area contributed by atoms with Crippen molar-refractivity contribution in [3.8, 4) is 0 Å². The van der Waals surface area contributed by atoms with E-state index in [1.54, 1.807) is 22.7 Å². The van der Waals surface area contributed by atoms with Gasteiger partial charge in [0.15, 0.2) is 0 Å². The summed E-state index contributed by atoms with van der Waals surface area (Å²) in [6, 6.07) is 12.4. The molecule has 1 saturated carbocycles. The monoisotopic (exact) mass is 370 g/mol. The van der Waals surface area contributed by atoms with Crippen molar-refractivity contribution < 1.29 is 4.79 Å². The summed E-state index contributed by atoms with van der Waals surface area (Å²) in [5.41, 5.74) is 0.701. The van der Waals surface area contributed by atoms with Gasteiger partial charge in [0.2, 0.25) is 5.91 Å². The average molecular weight is 371 g/mol. The Morgan fingerprint density at radius 1 is 1.16 bits per heavy atom. The number of fused-ring (bicyclic) bond motifs is 1. The van der Waals surface area contributed by atoms with Crippen LogP contribution in [0.3, 0.4) is 0 Å². The van der Waals surface area contributed by atoms with Gasteiger partial charge in [-0.1, -0.05) is 37.5 Å². The zero-order chi connectivity index (χ0) is 17.3. The van der Waals surface area contributed by atoms with Crippen LogP contribution in [0.1, 0.15) is 42.0 Å². The van der Waals surface area contributed by atoms with Crippen LogP contribution < -0.4 is 0 Å². The van der Waals surface area contributed by atoms with Crippen LogP contribution in [0.15, 0.2) is 41.8 Å². The molecule has 0 aliphatic heterocycles. The van der Waals surface area contributed by atoms with E-state index in [2.05, 4.69) is 23.6 Å². The van der Waals surface area contributed by atoms with Crippen LogP contribution in [0.5, 0.6) is 0 Å². The van der Waals surface area contributed by atoms with Crippen molar-refractivity contribution in [2.75, 3.05) is 7.05 Å². The van der Waals surface area contributed by atoms with E-state index in [4.69, 9.17) is 4.98 Å². The van der Waals surface area contributed by atoms with E-state index < -0.39 is 0 Å². The summed E-state index contributed by atoms with van der Waals surface area (Å²) >= 11 is 3.41. The first-order valence-electron chi connectivity index (χ1n) is 8.83. The Balaban J connectivity index is 1.59. The van der Waals surface area contributed by atoms with Gasteiger partial charge in [0.1, 0.15) is 5.01 Å². The number of carbonyl (C=O) groups excluding carboxylic acids is 1. The van der Waals surface area contributed by atoms with Gasteiger partial charge in [-0.2, -0.15) is 0 Å². The van der Waals surface area contributed by atoms with Crippen LogP contribution in [0.2, 0.25) is 0 Å². The van der Waals surface area contributed by atoms with Crippen molar-refractivity contribution in [1.29, 1.82) is 0 Å². The fourth-order valence-corrected chi connectivity index (χ4v) is 5.90. The molecule has 130 valence electrons. The number of nitrogens with zero attached hydrogens (tertiary/aromatic N) is 2. The maximum absolute atomic E-state index is 13.4. The molecule has 4 rings (SSSR count). The van der Waals surface area contributed by atoms with E-state index in [0.717, 1.165) is 36.2 Å².